The lowest BCUT2D eigenvalue weighted by molar-refractivity contribution is 0.102. The van der Waals surface area contributed by atoms with Crippen molar-refractivity contribution in [2.45, 2.75) is 20.8 Å². The molecule has 30 heavy (non-hydrogen) atoms. The van der Waals surface area contributed by atoms with E-state index in [0.717, 1.165) is 54.4 Å². The van der Waals surface area contributed by atoms with E-state index in [0.29, 0.717) is 16.8 Å². The van der Waals surface area contributed by atoms with Gasteiger partial charge in [0.2, 0.25) is 5.95 Å². The molecule has 0 radical (unpaired) electrons. The summed E-state index contributed by atoms with van der Waals surface area (Å²) < 4.78 is 7.56. The third-order valence-corrected chi connectivity index (χ3v) is 5.32. The van der Waals surface area contributed by atoms with Crippen molar-refractivity contribution >= 4 is 34.2 Å². The number of anilines is 2. The van der Waals surface area contributed by atoms with Crippen LogP contribution in [0.15, 0.2) is 28.8 Å². The van der Waals surface area contributed by atoms with Crippen LogP contribution in [0.25, 0.3) is 16.6 Å². The number of aryl methyl sites for hydroxylation is 3. The summed E-state index contributed by atoms with van der Waals surface area (Å²) in [6.07, 6.45) is 1.78. The Morgan fingerprint density at radius 3 is 2.77 bits per heavy atom. The van der Waals surface area contributed by atoms with Gasteiger partial charge in [-0.3, -0.25) is 15.1 Å². The molecule has 5 rings (SSSR count). The number of amides is 1. The fourth-order valence-corrected chi connectivity index (χ4v) is 3.99. The molecule has 154 valence electrons. The van der Waals surface area contributed by atoms with Gasteiger partial charge >= 0.3 is 0 Å². The Hall–Kier alpha value is -3.46. The van der Waals surface area contributed by atoms with E-state index in [9.17, 15) is 4.79 Å². The minimum absolute atomic E-state index is 0.234. The molecule has 0 bridgehead atoms. The van der Waals surface area contributed by atoms with Gasteiger partial charge in [-0.1, -0.05) is 0 Å². The first-order chi connectivity index (χ1) is 14.5. The van der Waals surface area contributed by atoms with E-state index in [1.807, 2.05) is 39.0 Å². The van der Waals surface area contributed by atoms with Gasteiger partial charge in [0, 0.05) is 37.3 Å². The van der Waals surface area contributed by atoms with Gasteiger partial charge in [0.25, 0.3) is 5.91 Å². The van der Waals surface area contributed by atoms with Crippen LogP contribution in [0, 0.1) is 20.8 Å². The minimum atomic E-state index is -0.306. The lowest BCUT2D eigenvalue weighted by atomic mass is 10.1. The SMILES string of the molecule is Cc1cn2nc(NC(=O)c3ccc(N4CCNCC4)c4cc(C)oc34)nc2c(C)n1. The molecule has 0 saturated carbocycles. The zero-order chi connectivity index (χ0) is 20.8. The molecule has 1 aliphatic heterocycles. The average Bonchev–Trinajstić information content (AvgIpc) is 3.30. The second kappa shape index (κ2) is 7.10. The summed E-state index contributed by atoms with van der Waals surface area (Å²) >= 11 is 0. The van der Waals surface area contributed by atoms with Crippen molar-refractivity contribution in [3.8, 4) is 0 Å². The van der Waals surface area contributed by atoms with Crippen molar-refractivity contribution in [1.29, 1.82) is 0 Å². The Morgan fingerprint density at radius 2 is 1.97 bits per heavy atom. The van der Waals surface area contributed by atoms with E-state index in [2.05, 4.69) is 30.6 Å². The summed E-state index contributed by atoms with van der Waals surface area (Å²) in [4.78, 5) is 24.2. The summed E-state index contributed by atoms with van der Waals surface area (Å²) in [7, 11) is 0. The third-order valence-electron chi connectivity index (χ3n) is 5.32. The van der Waals surface area contributed by atoms with Crippen molar-refractivity contribution < 1.29 is 9.21 Å². The Labute approximate surface area is 173 Å². The molecule has 4 heterocycles. The maximum Gasteiger partial charge on any atom is 0.261 e. The van der Waals surface area contributed by atoms with Crippen LogP contribution in [0.2, 0.25) is 0 Å². The topological polar surface area (TPSA) is 101 Å². The van der Waals surface area contributed by atoms with Crippen LogP contribution >= 0.6 is 0 Å². The minimum Gasteiger partial charge on any atom is -0.460 e. The highest BCUT2D eigenvalue weighted by molar-refractivity contribution is 6.13. The molecule has 1 amide bonds. The molecule has 9 nitrogen and oxygen atoms in total. The van der Waals surface area contributed by atoms with Crippen LogP contribution in [-0.2, 0) is 0 Å². The van der Waals surface area contributed by atoms with Gasteiger partial charge in [-0.2, -0.15) is 4.98 Å². The molecule has 3 aromatic heterocycles. The standard InChI is InChI=1S/C21H23N7O2/c1-12-11-28-19(14(3)23-12)24-21(26-28)25-20(29)15-4-5-17(27-8-6-22-7-9-27)16-10-13(2)30-18(15)16/h4-5,10-11,22H,6-9H2,1-3H3,(H,25,26,29). The van der Waals surface area contributed by atoms with E-state index in [4.69, 9.17) is 4.42 Å². The Bertz CT molecular complexity index is 1270. The van der Waals surface area contributed by atoms with E-state index in [1.54, 1.807) is 10.7 Å². The highest BCUT2D eigenvalue weighted by atomic mass is 16.3. The van der Waals surface area contributed by atoms with Gasteiger partial charge in [0.1, 0.15) is 11.3 Å². The molecule has 1 aliphatic rings. The maximum atomic E-state index is 13.1. The number of carbonyl (C=O) groups excluding carboxylic acids is 1. The molecule has 9 heteroatoms. The van der Waals surface area contributed by atoms with Gasteiger partial charge in [0.05, 0.1) is 23.1 Å². The number of furan rings is 1. The van der Waals surface area contributed by atoms with E-state index >= 15 is 0 Å². The van der Waals surface area contributed by atoms with Crippen molar-refractivity contribution in [3.05, 3.63) is 47.1 Å². The quantitative estimate of drug-likeness (QED) is 0.540. The van der Waals surface area contributed by atoms with Crippen LogP contribution < -0.4 is 15.5 Å². The van der Waals surface area contributed by atoms with Crippen LogP contribution in [0.5, 0.6) is 0 Å². The molecule has 1 fully saturated rings. The van der Waals surface area contributed by atoms with Crippen LogP contribution in [0.4, 0.5) is 11.6 Å². The number of nitrogens with zero attached hydrogens (tertiary/aromatic N) is 5. The van der Waals surface area contributed by atoms with Crippen LogP contribution in [0.1, 0.15) is 27.5 Å². The fourth-order valence-electron chi connectivity index (χ4n) is 3.99. The predicted molar refractivity (Wildman–Crippen MR) is 114 cm³/mol. The molecule has 0 spiro atoms. The number of hydrogen-bond donors (Lipinski definition) is 2. The molecule has 4 aromatic rings. The molecule has 1 aromatic carbocycles. The summed E-state index contributed by atoms with van der Waals surface area (Å²) in [6.45, 7) is 9.37. The van der Waals surface area contributed by atoms with Crippen LogP contribution in [0.3, 0.4) is 0 Å². The number of nitrogens with one attached hydrogen (secondary N) is 2. The number of piperazine rings is 1. The van der Waals surface area contributed by atoms with Crippen LogP contribution in [-0.4, -0.2) is 51.7 Å². The third kappa shape index (κ3) is 3.17. The number of rotatable bonds is 3. The second-order valence-electron chi connectivity index (χ2n) is 7.59. The van der Waals surface area contributed by atoms with Gasteiger partial charge in [-0.15, -0.1) is 5.10 Å². The molecular formula is C21H23N7O2. The number of hydrogen-bond acceptors (Lipinski definition) is 7. The molecule has 0 atom stereocenters. The van der Waals surface area contributed by atoms with Crippen molar-refractivity contribution in [2.75, 3.05) is 36.4 Å². The van der Waals surface area contributed by atoms with Gasteiger partial charge in [-0.05, 0) is 39.0 Å². The van der Waals surface area contributed by atoms with E-state index < -0.39 is 0 Å². The van der Waals surface area contributed by atoms with Gasteiger partial charge in [-0.25, -0.2) is 4.52 Å². The molecule has 0 aliphatic carbocycles. The lowest BCUT2D eigenvalue weighted by Crippen LogP contribution is -2.43. The molecular weight excluding hydrogens is 382 g/mol. The Kier molecular flexibility index (Phi) is 4.39. The fraction of sp³-hybridized carbons (Fsp3) is 0.333. The number of carbonyl (C=O) groups is 1. The van der Waals surface area contributed by atoms with E-state index in [-0.39, 0.29) is 11.9 Å². The highest BCUT2D eigenvalue weighted by Gasteiger charge is 2.21. The Balaban J connectivity index is 1.50. The summed E-state index contributed by atoms with van der Waals surface area (Å²) in [5, 5.41) is 11.5. The molecule has 0 unspecified atom stereocenters. The summed E-state index contributed by atoms with van der Waals surface area (Å²) in [5.41, 5.74) is 4.33. The number of aromatic nitrogens is 4. The Morgan fingerprint density at radius 1 is 1.17 bits per heavy atom. The zero-order valence-corrected chi connectivity index (χ0v) is 17.2. The number of benzene rings is 1. The predicted octanol–water partition coefficient (Wildman–Crippen LogP) is 2.46. The first-order valence-electron chi connectivity index (χ1n) is 10.0. The molecule has 2 N–H and O–H groups in total. The van der Waals surface area contributed by atoms with Crippen molar-refractivity contribution in [2.24, 2.45) is 0 Å². The van der Waals surface area contributed by atoms with Gasteiger partial charge < -0.3 is 14.6 Å². The maximum absolute atomic E-state index is 13.1. The highest BCUT2D eigenvalue weighted by Crippen LogP contribution is 2.33. The van der Waals surface area contributed by atoms with E-state index in [1.165, 1.54) is 0 Å². The lowest BCUT2D eigenvalue weighted by Gasteiger charge is -2.30. The zero-order valence-electron chi connectivity index (χ0n) is 17.2. The first kappa shape index (κ1) is 18.6. The number of fused-ring (bicyclic) bond motifs is 2. The normalized spacial score (nSPS) is 14.6. The first-order valence-corrected chi connectivity index (χ1v) is 10.0. The second-order valence-corrected chi connectivity index (χ2v) is 7.59. The summed E-state index contributed by atoms with van der Waals surface area (Å²) in [6, 6.07) is 5.79. The summed E-state index contributed by atoms with van der Waals surface area (Å²) in [5.74, 6) is 0.697. The monoisotopic (exact) mass is 405 g/mol. The molecule has 1 saturated heterocycles. The largest absolute Gasteiger partial charge is 0.460 e. The van der Waals surface area contributed by atoms with Crippen molar-refractivity contribution in [1.82, 2.24) is 24.9 Å². The smallest absolute Gasteiger partial charge is 0.261 e. The van der Waals surface area contributed by atoms with Gasteiger partial charge in [0.15, 0.2) is 5.65 Å². The average molecular weight is 405 g/mol. The van der Waals surface area contributed by atoms with Crippen molar-refractivity contribution in [3.63, 3.8) is 0 Å².